The Kier molecular flexibility index (Phi) is 7.14. The lowest BCUT2D eigenvalue weighted by Crippen LogP contribution is -2.20. The Balaban J connectivity index is 1.59. The first-order chi connectivity index (χ1) is 17.8. The Morgan fingerprint density at radius 1 is 1.16 bits per heavy atom. The van der Waals surface area contributed by atoms with Gasteiger partial charge in [-0.2, -0.15) is 9.78 Å². The molecular formula is C26H16Br2ClN3O5. The number of halogens is 3. The van der Waals surface area contributed by atoms with Gasteiger partial charge >= 0.3 is 5.97 Å². The second-order valence-electron chi connectivity index (χ2n) is 7.79. The molecule has 0 fully saturated rings. The molecule has 0 N–H and O–H groups in total. The van der Waals surface area contributed by atoms with Crippen LogP contribution in [0.3, 0.4) is 0 Å². The van der Waals surface area contributed by atoms with Crippen molar-refractivity contribution < 1.29 is 18.7 Å². The van der Waals surface area contributed by atoms with Gasteiger partial charge in [0.25, 0.3) is 5.56 Å². The Bertz CT molecular complexity index is 1740. The van der Waals surface area contributed by atoms with Gasteiger partial charge in [-0.15, -0.1) is 0 Å². The molecule has 0 unspecified atom stereocenters. The number of esters is 1. The lowest BCUT2D eigenvalue weighted by Gasteiger charge is -2.10. The van der Waals surface area contributed by atoms with Crippen molar-refractivity contribution in [1.29, 1.82) is 0 Å². The van der Waals surface area contributed by atoms with Crippen LogP contribution in [0.4, 0.5) is 0 Å². The number of benzene rings is 3. The summed E-state index contributed by atoms with van der Waals surface area (Å²) in [5, 5.41) is 5.94. The first-order valence-electron chi connectivity index (χ1n) is 10.8. The summed E-state index contributed by atoms with van der Waals surface area (Å²) in [6.07, 6.45) is 1.47. The van der Waals surface area contributed by atoms with E-state index < -0.39 is 5.97 Å². The number of ether oxygens (including phenoxy) is 2. The van der Waals surface area contributed by atoms with E-state index in [0.29, 0.717) is 32.3 Å². The number of para-hydroxylation sites is 1. The van der Waals surface area contributed by atoms with E-state index in [-0.39, 0.29) is 28.8 Å². The largest absolute Gasteiger partial charge is 0.479 e. The molecule has 0 bridgehead atoms. The van der Waals surface area contributed by atoms with E-state index in [4.69, 9.17) is 20.8 Å². The van der Waals surface area contributed by atoms with E-state index in [9.17, 15) is 9.59 Å². The number of aromatic nitrogens is 2. The molecule has 5 rings (SSSR count). The van der Waals surface area contributed by atoms with E-state index in [1.165, 1.54) is 18.0 Å². The molecule has 0 spiro atoms. The van der Waals surface area contributed by atoms with E-state index in [0.717, 1.165) is 9.86 Å². The minimum Gasteiger partial charge on any atom is -0.479 e. The fourth-order valence-electron chi connectivity index (χ4n) is 3.62. The van der Waals surface area contributed by atoms with Gasteiger partial charge in [-0.3, -0.25) is 4.79 Å². The van der Waals surface area contributed by atoms with Crippen LogP contribution in [0.2, 0.25) is 5.02 Å². The molecule has 8 nitrogen and oxygen atoms in total. The normalized spacial score (nSPS) is 11.5. The summed E-state index contributed by atoms with van der Waals surface area (Å²) in [7, 11) is 1.27. The fourth-order valence-corrected chi connectivity index (χ4v) is 4.99. The van der Waals surface area contributed by atoms with E-state index in [1.54, 1.807) is 30.3 Å². The number of furan rings is 1. The van der Waals surface area contributed by atoms with E-state index >= 15 is 0 Å². The van der Waals surface area contributed by atoms with Gasteiger partial charge in [-0.05, 0) is 70.0 Å². The van der Waals surface area contributed by atoms with Gasteiger partial charge in [-0.25, -0.2) is 9.78 Å². The molecule has 37 heavy (non-hydrogen) atoms. The second kappa shape index (κ2) is 10.5. The predicted molar refractivity (Wildman–Crippen MR) is 149 cm³/mol. The van der Waals surface area contributed by atoms with Crippen LogP contribution in [0.5, 0.6) is 5.75 Å². The quantitative estimate of drug-likeness (QED) is 0.156. The van der Waals surface area contributed by atoms with Gasteiger partial charge in [-0.1, -0.05) is 39.7 Å². The van der Waals surface area contributed by atoms with Crippen LogP contribution in [0.25, 0.3) is 33.5 Å². The minimum absolute atomic E-state index is 0.242. The SMILES string of the molecule is COC(=O)COc1c(Cl)cc(C=Nn2c(-c3cc4cc(Br)ccc4o3)nc3ccccc3c2=O)cc1Br. The summed E-state index contributed by atoms with van der Waals surface area (Å²) in [6.45, 7) is -0.294. The van der Waals surface area contributed by atoms with Crippen LogP contribution in [-0.2, 0) is 9.53 Å². The summed E-state index contributed by atoms with van der Waals surface area (Å²) in [5.41, 5.74) is 1.38. The van der Waals surface area contributed by atoms with Crippen molar-refractivity contribution in [2.75, 3.05) is 13.7 Å². The molecule has 0 aliphatic rings. The summed E-state index contributed by atoms with van der Waals surface area (Å²) in [5.74, 6) is 0.375. The van der Waals surface area contributed by atoms with Crippen molar-refractivity contribution in [3.63, 3.8) is 0 Å². The number of carbonyl (C=O) groups is 1. The number of carbonyl (C=O) groups excluding carboxylic acids is 1. The average Bonchev–Trinajstić information content (AvgIpc) is 3.30. The Morgan fingerprint density at radius 3 is 2.76 bits per heavy atom. The van der Waals surface area contributed by atoms with Crippen molar-refractivity contribution in [2.45, 2.75) is 0 Å². The highest BCUT2D eigenvalue weighted by atomic mass is 79.9. The highest BCUT2D eigenvalue weighted by Crippen LogP contribution is 2.34. The van der Waals surface area contributed by atoms with Crippen molar-refractivity contribution >= 4 is 77.5 Å². The molecule has 0 atom stereocenters. The lowest BCUT2D eigenvalue weighted by molar-refractivity contribution is -0.142. The molecule has 0 aliphatic carbocycles. The highest BCUT2D eigenvalue weighted by molar-refractivity contribution is 9.10. The fraction of sp³-hybridized carbons (Fsp3) is 0.0769. The molecular weight excluding hydrogens is 630 g/mol. The zero-order chi connectivity index (χ0) is 26.1. The molecule has 11 heteroatoms. The molecule has 2 heterocycles. The van der Waals surface area contributed by atoms with Crippen LogP contribution < -0.4 is 10.3 Å². The summed E-state index contributed by atoms with van der Waals surface area (Å²) < 4.78 is 18.6. The summed E-state index contributed by atoms with van der Waals surface area (Å²) >= 11 is 13.2. The minimum atomic E-state index is -0.540. The van der Waals surface area contributed by atoms with Gasteiger partial charge < -0.3 is 13.9 Å². The van der Waals surface area contributed by atoms with Crippen LogP contribution >= 0.6 is 43.5 Å². The third kappa shape index (κ3) is 5.18. The van der Waals surface area contributed by atoms with Crippen LogP contribution in [-0.4, -0.2) is 35.6 Å². The van der Waals surface area contributed by atoms with E-state index in [2.05, 4.69) is 46.7 Å². The van der Waals surface area contributed by atoms with Gasteiger partial charge in [0.05, 0.1) is 33.7 Å². The molecule has 0 aliphatic heterocycles. The maximum atomic E-state index is 13.4. The van der Waals surface area contributed by atoms with E-state index in [1.807, 2.05) is 30.3 Å². The molecule has 0 amide bonds. The number of methoxy groups -OCH3 is 1. The number of hydrogen-bond acceptors (Lipinski definition) is 7. The summed E-state index contributed by atoms with van der Waals surface area (Å²) in [4.78, 5) is 29.5. The zero-order valence-electron chi connectivity index (χ0n) is 19.1. The van der Waals surface area contributed by atoms with Crippen molar-refractivity contribution in [1.82, 2.24) is 9.66 Å². The van der Waals surface area contributed by atoms with Gasteiger partial charge in [0.2, 0.25) is 5.82 Å². The zero-order valence-corrected chi connectivity index (χ0v) is 23.0. The van der Waals surface area contributed by atoms with Crippen molar-refractivity contribution in [3.05, 3.63) is 90.5 Å². The molecule has 0 saturated carbocycles. The molecule has 2 aromatic heterocycles. The van der Waals surface area contributed by atoms with Gasteiger partial charge in [0.1, 0.15) is 5.58 Å². The third-order valence-electron chi connectivity index (χ3n) is 5.36. The van der Waals surface area contributed by atoms with Gasteiger partial charge in [0, 0.05) is 9.86 Å². The first kappa shape index (κ1) is 25.2. The smallest absolute Gasteiger partial charge is 0.343 e. The second-order valence-corrected chi connectivity index (χ2v) is 9.96. The Hall–Kier alpha value is -3.47. The molecule has 0 saturated heterocycles. The van der Waals surface area contributed by atoms with Crippen LogP contribution in [0.15, 0.2) is 83.9 Å². The molecule has 3 aromatic carbocycles. The predicted octanol–water partition coefficient (Wildman–Crippen LogP) is 6.42. The van der Waals surface area contributed by atoms with Crippen LogP contribution in [0, 0.1) is 0 Å². The Morgan fingerprint density at radius 2 is 1.97 bits per heavy atom. The Labute approximate surface area is 231 Å². The standard InChI is InChI=1S/C26H16Br2ClN3O5/c1-35-23(33)13-36-24-18(28)8-14(9-19(24)29)12-30-32-25(31-20-5-3-2-4-17(20)26(32)34)22-11-15-10-16(27)6-7-21(15)37-22/h2-12H,13H2,1H3. The monoisotopic (exact) mass is 643 g/mol. The third-order valence-corrected chi connectivity index (χ3v) is 6.72. The molecule has 5 aromatic rings. The maximum Gasteiger partial charge on any atom is 0.343 e. The highest BCUT2D eigenvalue weighted by Gasteiger charge is 2.17. The van der Waals surface area contributed by atoms with Gasteiger partial charge in [0.15, 0.2) is 18.1 Å². The number of hydrogen-bond donors (Lipinski definition) is 0. The van der Waals surface area contributed by atoms with Crippen LogP contribution in [0.1, 0.15) is 5.56 Å². The maximum absolute atomic E-state index is 13.4. The average molecular weight is 646 g/mol. The molecule has 0 radical (unpaired) electrons. The lowest BCUT2D eigenvalue weighted by atomic mass is 10.2. The summed E-state index contributed by atoms with van der Waals surface area (Å²) in [6, 6.07) is 17.7. The van der Waals surface area contributed by atoms with Crippen molar-refractivity contribution in [2.24, 2.45) is 5.10 Å². The molecule has 186 valence electrons. The first-order valence-corrected chi connectivity index (χ1v) is 12.7. The topological polar surface area (TPSA) is 95.9 Å². The number of rotatable bonds is 6. The van der Waals surface area contributed by atoms with Crippen molar-refractivity contribution in [3.8, 4) is 17.3 Å². The number of nitrogens with zero attached hydrogens (tertiary/aromatic N) is 3. The number of fused-ring (bicyclic) bond motifs is 2.